The summed E-state index contributed by atoms with van der Waals surface area (Å²) in [6.45, 7) is 4.18. The highest BCUT2D eigenvalue weighted by molar-refractivity contribution is 6.06. The maximum atomic E-state index is 13.3. The van der Waals surface area contributed by atoms with Gasteiger partial charge in [0.05, 0.1) is 18.6 Å². The van der Waals surface area contributed by atoms with Crippen molar-refractivity contribution in [2.24, 2.45) is 4.99 Å². The molecule has 3 aliphatic rings. The summed E-state index contributed by atoms with van der Waals surface area (Å²) in [4.78, 5) is 28.2. The Hall–Kier alpha value is -4.15. The number of hydrogen-bond acceptors (Lipinski definition) is 7. The number of benzene rings is 1. The smallest absolute Gasteiger partial charge is 0.249 e. The van der Waals surface area contributed by atoms with Crippen molar-refractivity contribution in [2.45, 2.75) is 44.6 Å². The van der Waals surface area contributed by atoms with Crippen molar-refractivity contribution in [1.29, 1.82) is 0 Å². The van der Waals surface area contributed by atoms with E-state index in [1.807, 2.05) is 53.8 Å². The molecule has 1 aliphatic carbocycles. The molecule has 36 heavy (non-hydrogen) atoms. The summed E-state index contributed by atoms with van der Waals surface area (Å²) in [5, 5.41) is 6.97. The van der Waals surface area contributed by atoms with Gasteiger partial charge in [0.15, 0.2) is 0 Å². The molecule has 11 heteroatoms. The number of anilines is 1. The lowest BCUT2D eigenvalue weighted by Gasteiger charge is -2.31. The van der Waals surface area contributed by atoms with Crippen molar-refractivity contribution >= 4 is 23.1 Å². The third kappa shape index (κ3) is 3.90. The third-order valence-electron chi connectivity index (χ3n) is 6.74. The Morgan fingerprint density at radius 1 is 1.22 bits per heavy atom. The van der Waals surface area contributed by atoms with Gasteiger partial charge in [-0.05, 0) is 37.6 Å². The maximum absolute atomic E-state index is 13.3. The number of amidine groups is 1. The first-order valence-electron chi connectivity index (χ1n) is 11.6. The molecule has 1 aromatic carbocycles. The molecule has 184 valence electrons. The molecule has 1 saturated carbocycles. The van der Waals surface area contributed by atoms with E-state index < -0.39 is 17.9 Å². The molecule has 1 atom stereocenters. The summed E-state index contributed by atoms with van der Waals surface area (Å²) < 4.78 is 33.6. The van der Waals surface area contributed by atoms with Crippen LogP contribution in [0.3, 0.4) is 0 Å². The van der Waals surface area contributed by atoms with Crippen LogP contribution in [0.1, 0.15) is 35.9 Å². The van der Waals surface area contributed by atoms with E-state index in [4.69, 9.17) is 4.52 Å². The number of nitrogens with one attached hydrogen (secondary N) is 1. The second-order valence-electron chi connectivity index (χ2n) is 9.35. The molecular formula is C25H23F2N7O2. The molecule has 1 fully saturated rings. The molecule has 2 aliphatic heterocycles. The Bertz CT molecular complexity index is 1440. The van der Waals surface area contributed by atoms with Gasteiger partial charge in [-0.2, -0.15) is 4.98 Å². The highest BCUT2D eigenvalue weighted by atomic mass is 19.3. The van der Waals surface area contributed by atoms with E-state index in [-0.39, 0.29) is 24.6 Å². The number of rotatable bonds is 5. The van der Waals surface area contributed by atoms with E-state index in [0.29, 0.717) is 23.6 Å². The van der Waals surface area contributed by atoms with Crippen LogP contribution in [0.15, 0.2) is 58.6 Å². The lowest BCUT2D eigenvalue weighted by atomic mass is 9.81. The second kappa shape index (κ2) is 8.21. The number of hydrogen-bond donors (Lipinski definition) is 1. The average molecular weight is 492 g/mol. The minimum Gasteiger partial charge on any atom is -0.339 e. The highest BCUT2D eigenvalue weighted by Crippen LogP contribution is 2.48. The first-order chi connectivity index (χ1) is 17.3. The van der Waals surface area contributed by atoms with Crippen LogP contribution < -0.4 is 5.32 Å². The standard InChI is InChI=1S/C25H23F2N7O2/c1-14-3-4-16(22-31-24(36-32-22)17-8-25(26,27)9-17)7-19(14)30-23(35)20-11-29-21-6-5-18(12-33(20)21)34-13-28-10-15(34)2/h3-7,10,12-13,17,20H,8-9,11H2,1-2H3,(H,30,35). The number of alkyl halides is 2. The van der Waals surface area contributed by atoms with Crippen molar-refractivity contribution in [1.82, 2.24) is 24.6 Å². The monoisotopic (exact) mass is 491 g/mol. The molecule has 6 rings (SSSR count). The van der Waals surface area contributed by atoms with Gasteiger partial charge in [0.2, 0.25) is 23.5 Å². The number of imidazole rings is 1. The lowest BCUT2D eigenvalue weighted by Crippen LogP contribution is -2.42. The van der Waals surface area contributed by atoms with Crippen LogP contribution in [0.2, 0.25) is 0 Å². The Balaban J connectivity index is 1.20. The predicted octanol–water partition coefficient (Wildman–Crippen LogP) is 4.15. The SMILES string of the molecule is Cc1ccc(-c2noc(C3CC(F)(F)C3)n2)cc1NC(=O)C1CN=C2C=CC(n3cncc3C)=CN21. The molecule has 4 heterocycles. The number of carbonyl (C=O) groups excluding carboxylic acids is 1. The number of aliphatic imine (C=N–C) groups is 1. The van der Waals surface area contributed by atoms with Crippen molar-refractivity contribution in [3.63, 3.8) is 0 Å². The summed E-state index contributed by atoms with van der Waals surface area (Å²) in [5.74, 6) is -2.05. The van der Waals surface area contributed by atoms with Crippen LogP contribution >= 0.6 is 0 Å². The van der Waals surface area contributed by atoms with Crippen LogP contribution in [0.25, 0.3) is 17.1 Å². The number of aromatic nitrogens is 4. The van der Waals surface area contributed by atoms with Crippen molar-refractivity contribution in [2.75, 3.05) is 11.9 Å². The minimum absolute atomic E-state index is 0.201. The number of fused-ring (bicyclic) bond motifs is 1. The molecule has 1 N–H and O–H groups in total. The molecule has 0 bridgehead atoms. The zero-order chi connectivity index (χ0) is 25.0. The van der Waals surface area contributed by atoms with Gasteiger partial charge in [0.1, 0.15) is 11.9 Å². The van der Waals surface area contributed by atoms with Crippen LogP contribution in [0, 0.1) is 13.8 Å². The number of carbonyl (C=O) groups is 1. The first kappa shape index (κ1) is 22.3. The Morgan fingerprint density at radius 2 is 2.06 bits per heavy atom. The predicted molar refractivity (Wildman–Crippen MR) is 128 cm³/mol. The zero-order valence-corrected chi connectivity index (χ0v) is 19.7. The van der Waals surface area contributed by atoms with Gasteiger partial charge >= 0.3 is 0 Å². The van der Waals surface area contributed by atoms with Crippen LogP contribution in [-0.2, 0) is 4.79 Å². The normalized spacial score (nSPS) is 20.6. The van der Waals surface area contributed by atoms with Gasteiger partial charge in [-0.1, -0.05) is 17.3 Å². The van der Waals surface area contributed by atoms with Gasteiger partial charge < -0.3 is 19.3 Å². The number of allylic oxidation sites excluding steroid dienone is 2. The fraction of sp³-hybridized carbons (Fsp3) is 0.320. The fourth-order valence-corrected chi connectivity index (χ4v) is 4.60. The maximum Gasteiger partial charge on any atom is 0.249 e. The summed E-state index contributed by atoms with van der Waals surface area (Å²) in [6, 6.07) is 4.91. The van der Waals surface area contributed by atoms with Crippen LogP contribution in [0.5, 0.6) is 0 Å². The highest BCUT2D eigenvalue weighted by Gasteiger charge is 2.48. The largest absolute Gasteiger partial charge is 0.339 e. The van der Waals surface area contributed by atoms with E-state index in [9.17, 15) is 13.6 Å². The van der Waals surface area contributed by atoms with Gasteiger partial charge in [0, 0.05) is 48.1 Å². The van der Waals surface area contributed by atoms with E-state index in [1.165, 1.54) is 0 Å². The summed E-state index contributed by atoms with van der Waals surface area (Å²) in [5.41, 5.74) is 3.96. The summed E-state index contributed by atoms with van der Waals surface area (Å²) in [7, 11) is 0. The second-order valence-corrected chi connectivity index (χ2v) is 9.35. The van der Waals surface area contributed by atoms with Crippen molar-refractivity contribution in [3.8, 4) is 11.4 Å². The summed E-state index contributed by atoms with van der Waals surface area (Å²) >= 11 is 0. The van der Waals surface area contributed by atoms with E-state index >= 15 is 0 Å². The Labute approximate surface area is 205 Å². The zero-order valence-electron chi connectivity index (χ0n) is 19.7. The molecule has 0 saturated heterocycles. The fourth-order valence-electron chi connectivity index (χ4n) is 4.60. The van der Waals surface area contributed by atoms with E-state index in [0.717, 1.165) is 22.8 Å². The topological polar surface area (TPSA) is 101 Å². The molecule has 1 amide bonds. The number of nitrogens with zero attached hydrogens (tertiary/aromatic N) is 6. The van der Waals surface area contributed by atoms with E-state index in [2.05, 4.69) is 25.4 Å². The van der Waals surface area contributed by atoms with Crippen molar-refractivity contribution < 1.29 is 18.1 Å². The van der Waals surface area contributed by atoms with Gasteiger partial charge in [0.25, 0.3) is 0 Å². The number of halogens is 2. The first-order valence-corrected chi connectivity index (χ1v) is 11.6. The van der Waals surface area contributed by atoms with Crippen molar-refractivity contribution in [3.05, 3.63) is 66.2 Å². The Kier molecular flexibility index (Phi) is 5.09. The number of amides is 1. The van der Waals surface area contributed by atoms with Gasteiger partial charge in [-0.25, -0.2) is 13.8 Å². The number of aryl methyl sites for hydroxylation is 2. The van der Waals surface area contributed by atoms with E-state index in [1.54, 1.807) is 18.6 Å². The molecule has 0 spiro atoms. The van der Waals surface area contributed by atoms with Crippen LogP contribution in [0.4, 0.5) is 14.5 Å². The van der Waals surface area contributed by atoms with Gasteiger partial charge in [-0.3, -0.25) is 9.79 Å². The Morgan fingerprint density at radius 3 is 2.81 bits per heavy atom. The molecule has 3 aromatic rings. The molecular weight excluding hydrogens is 468 g/mol. The summed E-state index contributed by atoms with van der Waals surface area (Å²) in [6.07, 6.45) is 8.68. The molecule has 0 radical (unpaired) electrons. The molecule has 1 unspecified atom stereocenters. The minimum atomic E-state index is -2.66. The van der Waals surface area contributed by atoms with Gasteiger partial charge in [-0.15, -0.1) is 0 Å². The van der Waals surface area contributed by atoms with Crippen LogP contribution in [-0.4, -0.2) is 54.8 Å². The average Bonchev–Trinajstić information content (AvgIpc) is 3.57. The lowest BCUT2D eigenvalue weighted by molar-refractivity contribution is -0.118. The molecule has 9 nitrogen and oxygen atoms in total. The third-order valence-corrected chi connectivity index (χ3v) is 6.74. The molecule has 2 aromatic heterocycles. The quantitative estimate of drug-likeness (QED) is 0.575.